The maximum atomic E-state index is 6.24. The molecule has 0 aromatic rings. The summed E-state index contributed by atoms with van der Waals surface area (Å²) < 4.78 is 0. The van der Waals surface area contributed by atoms with E-state index in [0.29, 0.717) is 47.3 Å². The van der Waals surface area contributed by atoms with Gasteiger partial charge in [-0.3, -0.25) is 0 Å². The minimum Gasteiger partial charge on any atom is -0.301 e. The van der Waals surface area contributed by atoms with Crippen LogP contribution in [0.4, 0.5) is 0 Å². The molecule has 4 atom stereocenters. The molecule has 5 aliphatic rings. The van der Waals surface area contributed by atoms with E-state index in [1.165, 1.54) is 57.8 Å². The van der Waals surface area contributed by atoms with Crippen LogP contribution < -0.4 is 0 Å². The fourth-order valence-corrected chi connectivity index (χ4v) is 16.0. The van der Waals surface area contributed by atoms with Gasteiger partial charge in [0.05, 0.1) is 28.4 Å². The molecular formula is C45H86N4O4. The van der Waals surface area contributed by atoms with E-state index in [-0.39, 0.29) is 44.3 Å². The van der Waals surface area contributed by atoms with Gasteiger partial charge in [0.1, 0.15) is 0 Å². The third kappa shape index (κ3) is 7.82. The van der Waals surface area contributed by atoms with Crippen molar-refractivity contribution in [3.8, 4) is 0 Å². The van der Waals surface area contributed by atoms with Crippen LogP contribution >= 0.6 is 0 Å². The maximum Gasteiger partial charge on any atom is 0.0575 e. The summed E-state index contributed by atoms with van der Waals surface area (Å²) in [4.78, 5) is 24.9. The van der Waals surface area contributed by atoms with Gasteiger partial charge in [0.25, 0.3) is 0 Å². The SMILES string of the molecule is CON1C(C)(C)CC(C2CC(C3CC(C)(C)N(OC)C(C)(C)C3)C(C3CC(C)(C)N(OC)C(C)(C)C3)C2C2CC(C)(C)N(OC)C(C)(C)C2)CC1(C)C. The van der Waals surface area contributed by atoms with Crippen molar-refractivity contribution in [1.82, 2.24) is 20.3 Å². The average Bonchev–Trinajstić information content (AvgIpc) is 3.34. The van der Waals surface area contributed by atoms with Gasteiger partial charge in [-0.2, -0.15) is 20.3 Å². The molecule has 0 N–H and O–H groups in total. The van der Waals surface area contributed by atoms with Crippen LogP contribution in [0.3, 0.4) is 0 Å². The van der Waals surface area contributed by atoms with Crippen molar-refractivity contribution in [3.05, 3.63) is 0 Å². The zero-order chi connectivity index (χ0) is 40.1. The highest BCUT2D eigenvalue weighted by atomic mass is 16.7. The summed E-state index contributed by atoms with van der Waals surface area (Å²) in [6.45, 7) is 39.0. The normalized spacial score (nSPS) is 36.9. The Bertz CT molecular complexity index is 1120. The highest BCUT2D eigenvalue weighted by Crippen LogP contribution is 2.65. The number of hydrogen-bond acceptors (Lipinski definition) is 8. The summed E-state index contributed by atoms with van der Waals surface area (Å²) >= 11 is 0. The summed E-state index contributed by atoms with van der Waals surface area (Å²) in [5.41, 5.74) is -0.401. The average molecular weight is 747 g/mol. The minimum absolute atomic E-state index is 0.0428. The molecule has 53 heavy (non-hydrogen) atoms. The van der Waals surface area contributed by atoms with Crippen LogP contribution in [-0.4, -0.2) is 93.0 Å². The van der Waals surface area contributed by atoms with E-state index in [0.717, 1.165) is 0 Å². The molecule has 5 rings (SSSR count). The standard InChI is InChI=1S/C45H86N4O4/c1-38(2)22-30(23-39(3,4)46(38)50-17)34-21-35(31-24-40(5,6)47(51-18)41(7,8)25-31)37(33-28-44(13,14)49(53-20)45(15,16)29-33)36(34)32-26-42(9,10)48(52-19)43(11,12)27-32/h30-37H,21-29H2,1-20H3. The fraction of sp³-hybridized carbons (Fsp3) is 1.00. The minimum atomic E-state index is -0.0575. The molecule has 310 valence electrons. The van der Waals surface area contributed by atoms with E-state index < -0.39 is 0 Å². The molecule has 4 heterocycles. The van der Waals surface area contributed by atoms with Gasteiger partial charge in [0, 0.05) is 44.3 Å². The highest BCUT2D eigenvalue weighted by Gasteiger charge is 2.63. The van der Waals surface area contributed by atoms with Crippen LogP contribution in [-0.2, 0) is 19.4 Å². The monoisotopic (exact) mass is 747 g/mol. The molecule has 5 fully saturated rings. The fourth-order valence-electron chi connectivity index (χ4n) is 16.0. The summed E-state index contributed by atoms with van der Waals surface area (Å²) in [6, 6.07) is 0. The van der Waals surface area contributed by atoms with E-state index in [2.05, 4.69) is 131 Å². The summed E-state index contributed by atoms with van der Waals surface area (Å²) in [5, 5.41) is 9.33. The first kappa shape index (κ1) is 43.8. The zero-order valence-corrected chi connectivity index (χ0v) is 38.4. The molecule has 0 aromatic carbocycles. The molecule has 0 spiro atoms. The van der Waals surface area contributed by atoms with Crippen LogP contribution in [0, 0.1) is 47.3 Å². The smallest absolute Gasteiger partial charge is 0.0575 e. The Kier molecular flexibility index (Phi) is 11.7. The molecule has 1 saturated carbocycles. The van der Waals surface area contributed by atoms with E-state index >= 15 is 0 Å². The van der Waals surface area contributed by atoms with E-state index in [1.807, 2.05) is 28.4 Å². The predicted molar refractivity (Wildman–Crippen MR) is 217 cm³/mol. The van der Waals surface area contributed by atoms with Gasteiger partial charge in [-0.1, -0.05) is 0 Å². The van der Waals surface area contributed by atoms with Crippen molar-refractivity contribution >= 4 is 0 Å². The second-order valence-corrected chi connectivity index (χ2v) is 23.8. The van der Waals surface area contributed by atoms with E-state index in [1.54, 1.807) is 0 Å². The maximum absolute atomic E-state index is 6.24. The van der Waals surface area contributed by atoms with Crippen molar-refractivity contribution in [2.24, 2.45) is 47.3 Å². The molecule has 8 heteroatoms. The van der Waals surface area contributed by atoms with Crippen molar-refractivity contribution in [2.45, 2.75) is 213 Å². The Balaban J connectivity index is 1.71. The Morgan fingerprint density at radius 3 is 0.642 bits per heavy atom. The molecule has 0 bridgehead atoms. The van der Waals surface area contributed by atoms with Crippen LogP contribution in [0.5, 0.6) is 0 Å². The topological polar surface area (TPSA) is 49.9 Å². The van der Waals surface area contributed by atoms with Gasteiger partial charge in [0.15, 0.2) is 0 Å². The lowest BCUT2D eigenvalue weighted by molar-refractivity contribution is -0.287. The van der Waals surface area contributed by atoms with E-state index in [9.17, 15) is 0 Å². The Morgan fingerprint density at radius 1 is 0.302 bits per heavy atom. The zero-order valence-electron chi connectivity index (χ0n) is 38.4. The molecule has 0 aromatic heterocycles. The lowest BCUT2D eigenvalue weighted by Gasteiger charge is -2.60. The molecule has 8 nitrogen and oxygen atoms in total. The first-order chi connectivity index (χ1) is 24.0. The Morgan fingerprint density at radius 2 is 0.472 bits per heavy atom. The van der Waals surface area contributed by atoms with Gasteiger partial charge in [0.2, 0.25) is 0 Å². The highest BCUT2D eigenvalue weighted by molar-refractivity contribution is 5.12. The van der Waals surface area contributed by atoms with Crippen molar-refractivity contribution in [1.29, 1.82) is 0 Å². The van der Waals surface area contributed by atoms with Crippen molar-refractivity contribution < 1.29 is 19.4 Å². The number of nitrogens with zero attached hydrogens (tertiary/aromatic N) is 4. The first-order valence-corrected chi connectivity index (χ1v) is 21.4. The van der Waals surface area contributed by atoms with E-state index in [4.69, 9.17) is 19.4 Å². The molecule has 4 unspecified atom stereocenters. The largest absolute Gasteiger partial charge is 0.301 e. The number of hydrogen-bond donors (Lipinski definition) is 0. The molecule has 0 radical (unpaired) electrons. The lowest BCUT2D eigenvalue weighted by Crippen LogP contribution is -2.64. The molecular weight excluding hydrogens is 661 g/mol. The van der Waals surface area contributed by atoms with Crippen molar-refractivity contribution in [3.63, 3.8) is 0 Å². The van der Waals surface area contributed by atoms with Gasteiger partial charge < -0.3 is 19.4 Å². The number of rotatable bonds is 8. The second-order valence-electron chi connectivity index (χ2n) is 23.8. The van der Waals surface area contributed by atoms with Gasteiger partial charge in [-0.05, 0) is 216 Å². The summed E-state index contributed by atoms with van der Waals surface area (Å²) in [7, 11) is 7.54. The van der Waals surface area contributed by atoms with Crippen LogP contribution in [0.1, 0.15) is 169 Å². The second kappa shape index (κ2) is 14.2. The molecule has 4 saturated heterocycles. The third-order valence-corrected chi connectivity index (χ3v) is 15.5. The lowest BCUT2D eigenvalue weighted by atomic mass is 9.56. The Hall–Kier alpha value is -0.320. The molecule has 0 amide bonds. The predicted octanol–water partition coefficient (Wildman–Crippen LogP) is 10.2. The Labute approximate surface area is 327 Å². The van der Waals surface area contributed by atoms with Crippen LogP contribution in [0.2, 0.25) is 0 Å². The van der Waals surface area contributed by atoms with Gasteiger partial charge in [-0.15, -0.1) is 0 Å². The first-order valence-electron chi connectivity index (χ1n) is 21.4. The third-order valence-electron chi connectivity index (χ3n) is 15.5. The molecule has 4 aliphatic heterocycles. The van der Waals surface area contributed by atoms with Gasteiger partial charge in [-0.25, -0.2) is 0 Å². The number of piperidine rings is 4. The number of hydroxylamine groups is 8. The summed E-state index contributed by atoms with van der Waals surface area (Å²) in [6.07, 6.45) is 10.7. The van der Waals surface area contributed by atoms with Crippen molar-refractivity contribution in [2.75, 3.05) is 28.4 Å². The quantitative estimate of drug-likeness (QED) is 0.243. The molecule has 1 aliphatic carbocycles. The van der Waals surface area contributed by atoms with Crippen LogP contribution in [0.15, 0.2) is 0 Å². The van der Waals surface area contributed by atoms with Gasteiger partial charge >= 0.3 is 0 Å². The van der Waals surface area contributed by atoms with Crippen LogP contribution in [0.25, 0.3) is 0 Å². The summed E-state index contributed by atoms with van der Waals surface area (Å²) in [5.74, 6) is 5.10.